The second-order valence-corrected chi connectivity index (χ2v) is 3.49. The van der Waals surface area contributed by atoms with E-state index in [2.05, 4.69) is 4.98 Å². The molecule has 0 unspecified atom stereocenters. The Kier molecular flexibility index (Phi) is 2.23. The standard InChI is InChI=1S/C10H13N3O/c1-12-4-3-9-10(12)5-8(6-11-9)7-13(2)14/h3-6,14H,7H2,1-2H3. The first-order chi connectivity index (χ1) is 6.66. The SMILES string of the molecule is CN(O)Cc1cnc2ccn(C)c2c1. The smallest absolute Gasteiger partial charge is 0.0881 e. The Morgan fingerprint density at radius 1 is 1.57 bits per heavy atom. The van der Waals surface area contributed by atoms with Crippen molar-refractivity contribution in [3.63, 3.8) is 0 Å². The minimum atomic E-state index is 0.494. The number of aromatic nitrogens is 2. The molecule has 0 amide bonds. The van der Waals surface area contributed by atoms with Gasteiger partial charge in [-0.05, 0) is 17.7 Å². The van der Waals surface area contributed by atoms with Crippen molar-refractivity contribution in [3.05, 3.63) is 30.1 Å². The summed E-state index contributed by atoms with van der Waals surface area (Å²) in [7, 11) is 3.60. The molecule has 0 fully saturated rings. The molecule has 2 aromatic rings. The average molecular weight is 191 g/mol. The molecule has 0 aliphatic rings. The van der Waals surface area contributed by atoms with Crippen molar-refractivity contribution < 1.29 is 5.21 Å². The van der Waals surface area contributed by atoms with Gasteiger partial charge in [-0.2, -0.15) is 5.06 Å². The van der Waals surface area contributed by atoms with E-state index in [1.165, 1.54) is 0 Å². The summed E-state index contributed by atoms with van der Waals surface area (Å²) in [4.78, 5) is 4.30. The number of pyridine rings is 1. The molecule has 0 aliphatic carbocycles. The Morgan fingerprint density at radius 2 is 2.36 bits per heavy atom. The second-order valence-electron chi connectivity index (χ2n) is 3.49. The molecule has 2 heterocycles. The summed E-state index contributed by atoms with van der Waals surface area (Å²) in [6, 6.07) is 4.01. The molecule has 14 heavy (non-hydrogen) atoms. The third-order valence-corrected chi connectivity index (χ3v) is 2.20. The Bertz CT molecular complexity index is 448. The Labute approximate surface area is 82.4 Å². The summed E-state index contributed by atoms with van der Waals surface area (Å²) in [6.45, 7) is 0.494. The largest absolute Gasteiger partial charge is 0.349 e. The minimum absolute atomic E-state index is 0.494. The van der Waals surface area contributed by atoms with Gasteiger partial charge in [0.1, 0.15) is 0 Å². The van der Waals surface area contributed by atoms with E-state index in [1.54, 1.807) is 13.2 Å². The predicted octanol–water partition coefficient (Wildman–Crippen LogP) is 1.39. The number of aryl methyl sites for hydroxylation is 1. The summed E-state index contributed by atoms with van der Waals surface area (Å²) >= 11 is 0. The highest BCUT2D eigenvalue weighted by Gasteiger charge is 2.02. The zero-order valence-corrected chi connectivity index (χ0v) is 8.31. The fraction of sp³-hybridized carbons (Fsp3) is 0.300. The van der Waals surface area contributed by atoms with Gasteiger partial charge < -0.3 is 9.77 Å². The number of hydrogen-bond acceptors (Lipinski definition) is 3. The molecular formula is C10H13N3O. The van der Waals surface area contributed by atoms with Crippen LogP contribution in [0.2, 0.25) is 0 Å². The average Bonchev–Trinajstić information content (AvgIpc) is 2.47. The normalized spacial score (nSPS) is 11.4. The maximum Gasteiger partial charge on any atom is 0.0881 e. The van der Waals surface area contributed by atoms with Crippen LogP contribution in [0.4, 0.5) is 0 Å². The highest BCUT2D eigenvalue weighted by Crippen LogP contribution is 2.14. The van der Waals surface area contributed by atoms with Gasteiger partial charge >= 0.3 is 0 Å². The van der Waals surface area contributed by atoms with E-state index in [4.69, 9.17) is 5.21 Å². The molecule has 0 radical (unpaired) electrons. The lowest BCUT2D eigenvalue weighted by Gasteiger charge is -2.07. The fourth-order valence-corrected chi connectivity index (χ4v) is 1.53. The molecule has 4 nitrogen and oxygen atoms in total. The highest BCUT2D eigenvalue weighted by molar-refractivity contribution is 5.75. The lowest BCUT2D eigenvalue weighted by Crippen LogP contribution is -2.11. The number of hydroxylamine groups is 2. The van der Waals surface area contributed by atoms with Gasteiger partial charge in [0.25, 0.3) is 0 Å². The summed E-state index contributed by atoms with van der Waals surface area (Å²) in [6.07, 6.45) is 3.76. The van der Waals surface area contributed by atoms with E-state index in [-0.39, 0.29) is 0 Å². The quantitative estimate of drug-likeness (QED) is 0.729. The molecule has 0 spiro atoms. The first-order valence-electron chi connectivity index (χ1n) is 4.47. The number of hydrogen-bond donors (Lipinski definition) is 1. The summed E-state index contributed by atoms with van der Waals surface area (Å²) in [5.41, 5.74) is 3.07. The van der Waals surface area contributed by atoms with Crippen LogP contribution in [-0.4, -0.2) is 26.9 Å². The molecule has 0 saturated heterocycles. The van der Waals surface area contributed by atoms with Gasteiger partial charge in [-0.25, -0.2) is 0 Å². The summed E-state index contributed by atoms with van der Waals surface area (Å²) < 4.78 is 2.02. The monoisotopic (exact) mass is 191 g/mol. The second kappa shape index (κ2) is 3.40. The molecule has 0 saturated carbocycles. The van der Waals surface area contributed by atoms with E-state index in [9.17, 15) is 0 Å². The van der Waals surface area contributed by atoms with Gasteiger partial charge in [0, 0.05) is 26.5 Å². The lowest BCUT2D eigenvalue weighted by atomic mass is 10.2. The summed E-state index contributed by atoms with van der Waals surface area (Å²) in [5.74, 6) is 0. The molecular weight excluding hydrogens is 178 g/mol. The van der Waals surface area contributed by atoms with Gasteiger partial charge in [0.05, 0.1) is 17.6 Å². The van der Waals surface area contributed by atoms with Gasteiger partial charge in [-0.3, -0.25) is 4.98 Å². The molecule has 74 valence electrons. The van der Waals surface area contributed by atoms with E-state index in [1.807, 2.05) is 29.9 Å². The topological polar surface area (TPSA) is 41.3 Å². The van der Waals surface area contributed by atoms with E-state index >= 15 is 0 Å². The molecule has 2 aromatic heterocycles. The predicted molar refractivity (Wildman–Crippen MR) is 54.0 cm³/mol. The van der Waals surface area contributed by atoms with Crippen molar-refractivity contribution in [2.75, 3.05) is 7.05 Å². The van der Waals surface area contributed by atoms with Crippen LogP contribution >= 0.6 is 0 Å². The number of nitrogens with zero attached hydrogens (tertiary/aromatic N) is 3. The Morgan fingerprint density at radius 3 is 3.07 bits per heavy atom. The molecule has 4 heteroatoms. The van der Waals surface area contributed by atoms with Gasteiger partial charge in [-0.15, -0.1) is 0 Å². The third-order valence-electron chi connectivity index (χ3n) is 2.20. The van der Waals surface area contributed by atoms with Gasteiger partial charge in [-0.1, -0.05) is 0 Å². The van der Waals surface area contributed by atoms with Crippen LogP contribution in [0.15, 0.2) is 24.5 Å². The van der Waals surface area contributed by atoms with Crippen LogP contribution in [0.3, 0.4) is 0 Å². The highest BCUT2D eigenvalue weighted by atomic mass is 16.5. The van der Waals surface area contributed by atoms with Crippen LogP contribution in [0.5, 0.6) is 0 Å². The van der Waals surface area contributed by atoms with Gasteiger partial charge in [0.15, 0.2) is 0 Å². The molecule has 1 N–H and O–H groups in total. The lowest BCUT2D eigenvalue weighted by molar-refractivity contribution is -0.0731. The summed E-state index contributed by atoms with van der Waals surface area (Å²) in [5, 5.41) is 10.2. The maximum atomic E-state index is 9.10. The fourth-order valence-electron chi connectivity index (χ4n) is 1.53. The van der Waals surface area contributed by atoms with Crippen molar-refractivity contribution in [2.24, 2.45) is 7.05 Å². The van der Waals surface area contributed by atoms with E-state index in [0.717, 1.165) is 21.7 Å². The third kappa shape index (κ3) is 1.62. The van der Waals surface area contributed by atoms with Crippen LogP contribution in [-0.2, 0) is 13.6 Å². The van der Waals surface area contributed by atoms with Crippen molar-refractivity contribution in [3.8, 4) is 0 Å². The van der Waals surface area contributed by atoms with Crippen molar-refractivity contribution >= 4 is 11.0 Å². The maximum absolute atomic E-state index is 9.10. The first-order valence-corrected chi connectivity index (χ1v) is 4.47. The van der Waals surface area contributed by atoms with Crippen LogP contribution in [0.1, 0.15) is 5.56 Å². The number of fused-ring (bicyclic) bond motifs is 1. The Hall–Kier alpha value is -1.39. The Balaban J connectivity index is 2.44. The van der Waals surface area contributed by atoms with E-state index in [0.29, 0.717) is 6.54 Å². The van der Waals surface area contributed by atoms with Crippen molar-refractivity contribution in [1.82, 2.24) is 14.6 Å². The van der Waals surface area contributed by atoms with Crippen molar-refractivity contribution in [1.29, 1.82) is 0 Å². The minimum Gasteiger partial charge on any atom is -0.349 e. The first kappa shape index (κ1) is 9.18. The zero-order valence-electron chi connectivity index (χ0n) is 8.31. The van der Waals surface area contributed by atoms with Crippen LogP contribution < -0.4 is 0 Å². The van der Waals surface area contributed by atoms with Crippen LogP contribution in [0.25, 0.3) is 11.0 Å². The molecule has 0 aliphatic heterocycles. The molecule has 0 atom stereocenters. The van der Waals surface area contributed by atoms with Gasteiger partial charge in [0.2, 0.25) is 0 Å². The number of rotatable bonds is 2. The van der Waals surface area contributed by atoms with Crippen molar-refractivity contribution in [2.45, 2.75) is 6.54 Å². The molecule has 0 bridgehead atoms. The molecule has 2 rings (SSSR count). The zero-order chi connectivity index (χ0) is 10.1. The van der Waals surface area contributed by atoms with E-state index < -0.39 is 0 Å². The molecule has 0 aromatic carbocycles. The van der Waals surface area contributed by atoms with Crippen LogP contribution in [0, 0.1) is 0 Å².